The number of carbonyl (C=O) groups excluding carboxylic acids is 3. The van der Waals surface area contributed by atoms with Crippen LogP contribution in [-0.4, -0.2) is 82.9 Å². The van der Waals surface area contributed by atoms with Crippen LogP contribution in [0.1, 0.15) is 30.9 Å². The fourth-order valence-electron chi connectivity index (χ4n) is 3.70. The molecule has 0 saturated heterocycles. The van der Waals surface area contributed by atoms with Crippen LogP contribution in [-0.2, 0) is 38.4 Å². The summed E-state index contributed by atoms with van der Waals surface area (Å²) in [4.78, 5) is 71.2. The van der Waals surface area contributed by atoms with Gasteiger partial charge in [-0.05, 0) is 5.92 Å². The summed E-state index contributed by atoms with van der Waals surface area (Å²) < 4.78 is 0. The van der Waals surface area contributed by atoms with Crippen LogP contribution in [0.5, 0.6) is 0 Å². The van der Waals surface area contributed by atoms with Gasteiger partial charge in [-0.3, -0.25) is 14.4 Å². The molecule has 0 bridgehead atoms. The summed E-state index contributed by atoms with van der Waals surface area (Å²) >= 11 is 0. The third kappa shape index (κ3) is 7.99. The van der Waals surface area contributed by atoms with E-state index in [2.05, 4.69) is 45.9 Å². The Kier molecular flexibility index (Phi) is 9.70. The molecule has 9 N–H and O–H groups in total. The van der Waals surface area contributed by atoms with Crippen molar-refractivity contribution in [1.29, 1.82) is 0 Å². The van der Waals surface area contributed by atoms with Gasteiger partial charge in [0.25, 0.3) is 0 Å². The fourth-order valence-corrected chi connectivity index (χ4v) is 3.70. The van der Waals surface area contributed by atoms with Gasteiger partial charge in [0.2, 0.25) is 17.7 Å². The predicted molar refractivity (Wildman–Crippen MR) is 133 cm³/mol. The zero-order valence-electron chi connectivity index (χ0n) is 21.0. The SMILES string of the molecule is CC(C)C(NC(=O)C(N)Cc1cnc[nH]1)C(=O)NC(Cc1cnc[nH]1)C(=O)NC(Cc1cnc[nH]1)C(=O)O. The lowest BCUT2D eigenvalue weighted by atomic mass is 10.0. The van der Waals surface area contributed by atoms with Crippen LogP contribution in [0.2, 0.25) is 0 Å². The van der Waals surface area contributed by atoms with Crippen molar-refractivity contribution in [3.63, 3.8) is 0 Å². The number of nitrogens with zero attached hydrogens (tertiary/aromatic N) is 3. The first-order chi connectivity index (χ1) is 18.1. The molecule has 0 aliphatic rings. The standard InChI is InChI=1S/C23H32N10O5/c1-12(2)19(33-20(34)16(24)3-13-6-25-9-28-13)22(36)31-17(4-14-7-26-10-29-14)21(35)32-18(23(37)38)5-15-8-27-11-30-15/h6-12,16-19H,3-5,24H2,1-2H3,(H,25,28)(H,26,29)(H,27,30)(H,31,36)(H,32,35)(H,33,34)(H,37,38). The molecule has 4 atom stereocenters. The molecule has 0 radical (unpaired) electrons. The topological polar surface area (TPSA) is 237 Å². The Morgan fingerprint density at radius 3 is 1.68 bits per heavy atom. The quantitative estimate of drug-likeness (QED) is 0.120. The Morgan fingerprint density at radius 2 is 1.24 bits per heavy atom. The molecule has 3 amide bonds. The predicted octanol–water partition coefficient (Wildman–Crippen LogP) is -1.59. The van der Waals surface area contributed by atoms with Crippen molar-refractivity contribution in [2.24, 2.45) is 11.7 Å². The lowest BCUT2D eigenvalue weighted by molar-refractivity contribution is -0.142. The lowest BCUT2D eigenvalue weighted by Gasteiger charge is -2.26. The largest absolute Gasteiger partial charge is 0.480 e. The monoisotopic (exact) mass is 528 g/mol. The highest BCUT2D eigenvalue weighted by molar-refractivity contribution is 5.94. The molecule has 15 nitrogen and oxygen atoms in total. The van der Waals surface area contributed by atoms with Gasteiger partial charge in [-0.25, -0.2) is 19.7 Å². The van der Waals surface area contributed by atoms with E-state index in [-0.39, 0.29) is 25.2 Å². The Balaban J connectivity index is 1.70. The highest BCUT2D eigenvalue weighted by Crippen LogP contribution is 2.07. The minimum Gasteiger partial charge on any atom is -0.480 e. The molecule has 4 unspecified atom stereocenters. The van der Waals surface area contributed by atoms with E-state index in [1.165, 1.54) is 31.4 Å². The minimum absolute atomic E-state index is 0.00602. The highest BCUT2D eigenvalue weighted by Gasteiger charge is 2.32. The normalized spacial score (nSPS) is 14.3. The molecule has 3 aromatic heterocycles. The number of carbonyl (C=O) groups is 4. The maximum atomic E-state index is 13.3. The average molecular weight is 529 g/mol. The van der Waals surface area contributed by atoms with E-state index in [9.17, 15) is 24.3 Å². The van der Waals surface area contributed by atoms with E-state index >= 15 is 0 Å². The van der Waals surface area contributed by atoms with Crippen molar-refractivity contribution in [3.05, 3.63) is 54.7 Å². The molecular weight excluding hydrogens is 496 g/mol. The van der Waals surface area contributed by atoms with Gasteiger partial charge in [-0.15, -0.1) is 0 Å². The number of aromatic amines is 3. The number of hydrogen-bond acceptors (Lipinski definition) is 8. The van der Waals surface area contributed by atoms with Crippen molar-refractivity contribution in [1.82, 2.24) is 45.9 Å². The van der Waals surface area contributed by atoms with Crippen LogP contribution >= 0.6 is 0 Å². The van der Waals surface area contributed by atoms with Crippen molar-refractivity contribution in [3.8, 4) is 0 Å². The molecule has 3 aromatic rings. The number of carboxylic acid groups (broad SMARTS) is 1. The summed E-state index contributed by atoms with van der Waals surface area (Å²) in [6.45, 7) is 3.47. The summed E-state index contributed by atoms with van der Waals surface area (Å²) in [5.74, 6) is -3.49. The molecule has 204 valence electrons. The molecule has 3 rings (SSSR count). The number of aliphatic carboxylic acids is 1. The summed E-state index contributed by atoms with van der Waals surface area (Å²) in [6, 6.07) is -4.38. The third-order valence-electron chi connectivity index (χ3n) is 5.78. The molecule has 0 fully saturated rings. The number of imidazole rings is 3. The van der Waals surface area contributed by atoms with Crippen molar-refractivity contribution in [2.75, 3.05) is 0 Å². The molecule has 3 heterocycles. The second-order valence-corrected chi connectivity index (χ2v) is 9.14. The van der Waals surface area contributed by atoms with Crippen molar-refractivity contribution < 1.29 is 24.3 Å². The number of hydrogen-bond donors (Lipinski definition) is 8. The zero-order chi connectivity index (χ0) is 27.7. The van der Waals surface area contributed by atoms with Gasteiger partial charge in [0.05, 0.1) is 25.0 Å². The van der Waals surface area contributed by atoms with Gasteiger partial charge in [-0.1, -0.05) is 13.8 Å². The maximum Gasteiger partial charge on any atom is 0.326 e. The van der Waals surface area contributed by atoms with Gasteiger partial charge in [-0.2, -0.15) is 0 Å². The van der Waals surface area contributed by atoms with Crippen LogP contribution in [0.4, 0.5) is 0 Å². The van der Waals surface area contributed by atoms with Crippen LogP contribution in [0.3, 0.4) is 0 Å². The molecule has 0 aromatic carbocycles. The summed E-state index contributed by atoms with van der Waals surface area (Å²) in [5.41, 5.74) is 7.72. The smallest absolute Gasteiger partial charge is 0.326 e. The molecule has 0 aliphatic heterocycles. The van der Waals surface area contributed by atoms with E-state index < -0.39 is 47.9 Å². The second kappa shape index (κ2) is 13.1. The minimum atomic E-state index is -1.27. The van der Waals surface area contributed by atoms with Crippen LogP contribution in [0, 0.1) is 5.92 Å². The van der Waals surface area contributed by atoms with E-state index in [1.54, 1.807) is 20.0 Å². The molecule has 15 heteroatoms. The summed E-state index contributed by atoms with van der Waals surface area (Å²) in [6.07, 6.45) is 8.95. The van der Waals surface area contributed by atoms with Crippen molar-refractivity contribution >= 4 is 23.7 Å². The zero-order valence-corrected chi connectivity index (χ0v) is 21.0. The van der Waals surface area contributed by atoms with E-state index in [1.807, 2.05) is 0 Å². The second-order valence-electron chi connectivity index (χ2n) is 9.14. The fraction of sp³-hybridized carbons (Fsp3) is 0.435. The number of nitrogens with two attached hydrogens (primary N) is 1. The first-order valence-corrected chi connectivity index (χ1v) is 11.9. The van der Waals surface area contributed by atoms with Crippen LogP contribution in [0.25, 0.3) is 0 Å². The van der Waals surface area contributed by atoms with Gasteiger partial charge >= 0.3 is 5.97 Å². The highest BCUT2D eigenvalue weighted by atomic mass is 16.4. The number of nitrogens with one attached hydrogen (secondary N) is 6. The number of H-pyrrole nitrogens is 3. The van der Waals surface area contributed by atoms with Gasteiger partial charge < -0.3 is 41.7 Å². The van der Waals surface area contributed by atoms with Crippen LogP contribution < -0.4 is 21.7 Å². The maximum absolute atomic E-state index is 13.3. The molecule has 0 aliphatic carbocycles. The van der Waals surface area contributed by atoms with E-state index in [0.29, 0.717) is 17.1 Å². The number of amides is 3. The summed E-state index contributed by atoms with van der Waals surface area (Å²) in [7, 11) is 0. The molecule has 0 spiro atoms. The van der Waals surface area contributed by atoms with Gasteiger partial charge in [0.1, 0.15) is 18.1 Å². The molecular formula is C23H32N10O5. The Bertz CT molecular complexity index is 1180. The number of aromatic nitrogens is 6. The first-order valence-electron chi connectivity index (χ1n) is 11.9. The van der Waals surface area contributed by atoms with E-state index in [0.717, 1.165) is 0 Å². The van der Waals surface area contributed by atoms with Gasteiger partial charge in [0, 0.05) is 54.9 Å². The van der Waals surface area contributed by atoms with Gasteiger partial charge in [0.15, 0.2) is 0 Å². The molecule has 0 saturated carbocycles. The Morgan fingerprint density at radius 1 is 0.763 bits per heavy atom. The lowest BCUT2D eigenvalue weighted by Crippen LogP contribution is -2.59. The average Bonchev–Trinajstić information content (AvgIpc) is 3.65. The number of carboxylic acids is 1. The van der Waals surface area contributed by atoms with Crippen LogP contribution in [0.15, 0.2) is 37.6 Å². The Labute approximate surface area is 217 Å². The molecule has 38 heavy (non-hydrogen) atoms. The number of rotatable bonds is 14. The van der Waals surface area contributed by atoms with E-state index in [4.69, 9.17) is 5.73 Å². The van der Waals surface area contributed by atoms with Crippen molar-refractivity contribution in [2.45, 2.75) is 57.3 Å². The third-order valence-corrected chi connectivity index (χ3v) is 5.78. The summed E-state index contributed by atoms with van der Waals surface area (Å²) in [5, 5.41) is 17.4. The Hall–Kier alpha value is -4.53. The first kappa shape index (κ1) is 28.0.